The van der Waals surface area contributed by atoms with Crippen LogP contribution in [0.4, 0.5) is 5.69 Å². The zero-order chi connectivity index (χ0) is 19.0. The number of benzene rings is 1. The minimum atomic E-state index is -0.793. The van der Waals surface area contributed by atoms with Crippen molar-refractivity contribution in [3.05, 3.63) is 28.3 Å². The van der Waals surface area contributed by atoms with Crippen molar-refractivity contribution in [2.45, 2.75) is 26.3 Å². The fourth-order valence-electron chi connectivity index (χ4n) is 2.05. The minimum absolute atomic E-state index is 0.0602. The lowest BCUT2D eigenvalue weighted by atomic mass is 9.99. The highest BCUT2D eigenvalue weighted by atomic mass is 16.6. The highest BCUT2D eigenvalue weighted by Gasteiger charge is 2.27. The predicted octanol–water partition coefficient (Wildman–Crippen LogP) is 1.69. The van der Waals surface area contributed by atoms with E-state index in [9.17, 15) is 19.7 Å². The van der Waals surface area contributed by atoms with E-state index in [1.807, 2.05) is 13.8 Å². The van der Waals surface area contributed by atoms with Gasteiger partial charge < -0.3 is 19.5 Å². The summed E-state index contributed by atoms with van der Waals surface area (Å²) in [5.41, 5.74) is -0.191. The van der Waals surface area contributed by atoms with E-state index in [1.165, 1.54) is 32.4 Å². The molecule has 138 valence electrons. The van der Waals surface area contributed by atoms with Crippen molar-refractivity contribution in [2.75, 3.05) is 20.8 Å². The number of nitrogens with zero attached hydrogens (tertiary/aromatic N) is 1. The van der Waals surface area contributed by atoms with Crippen LogP contribution in [0.25, 0.3) is 0 Å². The van der Waals surface area contributed by atoms with Crippen LogP contribution in [0.1, 0.15) is 20.3 Å². The Labute approximate surface area is 145 Å². The molecule has 0 spiro atoms. The Hall–Kier alpha value is -2.84. The van der Waals surface area contributed by atoms with Gasteiger partial charge in [0, 0.05) is 6.07 Å². The smallest absolute Gasteiger partial charge is 0.328 e. The molecule has 2 atom stereocenters. The Bertz CT molecular complexity index is 633. The molecule has 0 aliphatic heterocycles. The molecule has 0 aromatic heterocycles. The zero-order valence-corrected chi connectivity index (χ0v) is 14.6. The third-order valence-corrected chi connectivity index (χ3v) is 3.70. The van der Waals surface area contributed by atoms with Crippen molar-refractivity contribution in [1.29, 1.82) is 0 Å². The molecule has 1 N–H and O–H groups in total. The number of nitro groups is 1. The number of rotatable bonds is 9. The lowest BCUT2D eigenvalue weighted by molar-refractivity contribution is -0.385. The molecule has 0 unspecified atom stereocenters. The maximum Gasteiger partial charge on any atom is 0.328 e. The quantitative estimate of drug-likeness (QED) is 0.407. The van der Waals surface area contributed by atoms with Crippen molar-refractivity contribution >= 4 is 17.6 Å². The van der Waals surface area contributed by atoms with Gasteiger partial charge in [0.25, 0.3) is 11.6 Å². The van der Waals surface area contributed by atoms with Crippen LogP contribution in [0.5, 0.6) is 11.5 Å². The Morgan fingerprint density at radius 2 is 1.96 bits per heavy atom. The van der Waals surface area contributed by atoms with Crippen LogP contribution in [0.15, 0.2) is 18.2 Å². The third-order valence-electron chi connectivity index (χ3n) is 3.70. The topological polar surface area (TPSA) is 117 Å². The maximum atomic E-state index is 12.1. The van der Waals surface area contributed by atoms with Gasteiger partial charge in [-0.25, -0.2) is 4.79 Å². The summed E-state index contributed by atoms with van der Waals surface area (Å²) in [6, 6.07) is 3.01. The Morgan fingerprint density at radius 3 is 2.48 bits per heavy atom. The van der Waals surface area contributed by atoms with E-state index < -0.39 is 29.4 Å². The van der Waals surface area contributed by atoms with Crippen LogP contribution < -0.4 is 14.8 Å². The first-order valence-corrected chi connectivity index (χ1v) is 7.66. The Kier molecular flexibility index (Phi) is 7.64. The molecule has 0 aliphatic rings. The van der Waals surface area contributed by atoms with Gasteiger partial charge in [-0.3, -0.25) is 14.9 Å². The number of nitro benzene ring substituents is 1. The summed E-state index contributed by atoms with van der Waals surface area (Å²) >= 11 is 0. The average molecular weight is 354 g/mol. The molecule has 0 saturated heterocycles. The van der Waals surface area contributed by atoms with Gasteiger partial charge in [0.1, 0.15) is 6.04 Å². The number of methoxy groups -OCH3 is 2. The second-order valence-corrected chi connectivity index (χ2v) is 5.33. The van der Waals surface area contributed by atoms with E-state index in [0.29, 0.717) is 6.42 Å². The molecule has 0 heterocycles. The number of carbonyl (C=O) groups is 2. The number of esters is 1. The lowest BCUT2D eigenvalue weighted by Crippen LogP contribution is -2.47. The van der Waals surface area contributed by atoms with E-state index in [4.69, 9.17) is 9.47 Å². The van der Waals surface area contributed by atoms with Gasteiger partial charge in [-0.05, 0) is 12.0 Å². The molecule has 0 fully saturated rings. The zero-order valence-electron chi connectivity index (χ0n) is 14.6. The maximum absolute atomic E-state index is 12.1. The predicted molar refractivity (Wildman–Crippen MR) is 88.5 cm³/mol. The molecule has 0 bridgehead atoms. The van der Waals surface area contributed by atoms with Crippen molar-refractivity contribution in [2.24, 2.45) is 5.92 Å². The van der Waals surface area contributed by atoms with Crippen LogP contribution in [-0.4, -0.2) is 43.7 Å². The number of hydrogen-bond acceptors (Lipinski definition) is 7. The van der Waals surface area contributed by atoms with E-state index in [1.54, 1.807) is 0 Å². The normalized spacial score (nSPS) is 12.6. The minimum Gasteiger partial charge on any atom is -0.493 e. The molecule has 25 heavy (non-hydrogen) atoms. The molecule has 0 aliphatic carbocycles. The second kappa shape index (κ2) is 9.45. The summed E-state index contributed by atoms with van der Waals surface area (Å²) < 4.78 is 15.1. The van der Waals surface area contributed by atoms with Crippen LogP contribution in [-0.2, 0) is 14.3 Å². The van der Waals surface area contributed by atoms with Gasteiger partial charge in [0.2, 0.25) is 0 Å². The molecule has 1 aromatic rings. The van der Waals surface area contributed by atoms with Gasteiger partial charge in [0.15, 0.2) is 18.1 Å². The molecular formula is C16H22N2O7. The Balaban J connectivity index is 2.79. The van der Waals surface area contributed by atoms with Gasteiger partial charge in [-0.2, -0.15) is 0 Å². The molecule has 9 nitrogen and oxygen atoms in total. The number of ether oxygens (including phenoxy) is 3. The molecule has 0 radical (unpaired) electrons. The summed E-state index contributed by atoms with van der Waals surface area (Å²) in [6.07, 6.45) is 0.666. The first-order chi connectivity index (χ1) is 11.8. The van der Waals surface area contributed by atoms with E-state index in [2.05, 4.69) is 10.1 Å². The monoisotopic (exact) mass is 354 g/mol. The van der Waals surface area contributed by atoms with E-state index >= 15 is 0 Å². The molecule has 9 heteroatoms. The van der Waals surface area contributed by atoms with E-state index in [0.717, 1.165) is 0 Å². The molecule has 1 amide bonds. The largest absolute Gasteiger partial charge is 0.493 e. The van der Waals surface area contributed by atoms with Crippen LogP contribution in [0.3, 0.4) is 0 Å². The van der Waals surface area contributed by atoms with Crippen molar-refractivity contribution < 1.29 is 28.7 Å². The van der Waals surface area contributed by atoms with Crippen LogP contribution in [0.2, 0.25) is 0 Å². The standard InChI is InChI=1S/C16H22N2O7/c1-5-10(2)15(16(20)24-4)17-14(19)9-25-13-8-11(18(21)22)6-7-12(13)23-3/h6-8,10,15H,5,9H2,1-4H3,(H,17,19)/t10-,15-/m0/s1. The van der Waals surface area contributed by atoms with Crippen molar-refractivity contribution in [3.63, 3.8) is 0 Å². The number of non-ortho nitro benzene ring substituents is 1. The van der Waals surface area contributed by atoms with Crippen molar-refractivity contribution in [3.8, 4) is 11.5 Å². The third kappa shape index (κ3) is 5.63. The summed E-state index contributed by atoms with van der Waals surface area (Å²) in [7, 11) is 2.62. The van der Waals surface area contributed by atoms with Gasteiger partial charge in [-0.15, -0.1) is 0 Å². The van der Waals surface area contributed by atoms with Crippen LogP contribution in [0, 0.1) is 16.0 Å². The van der Waals surface area contributed by atoms with Gasteiger partial charge in [0.05, 0.1) is 25.2 Å². The first-order valence-electron chi connectivity index (χ1n) is 7.66. The summed E-state index contributed by atoms with van der Waals surface area (Å²) in [5.74, 6) is -0.904. The Morgan fingerprint density at radius 1 is 1.28 bits per heavy atom. The lowest BCUT2D eigenvalue weighted by Gasteiger charge is -2.21. The highest BCUT2D eigenvalue weighted by molar-refractivity contribution is 5.85. The number of hydrogen-bond donors (Lipinski definition) is 1. The molecule has 0 saturated carbocycles. The summed E-state index contributed by atoms with van der Waals surface area (Å²) in [6.45, 7) is 3.27. The van der Waals surface area contributed by atoms with E-state index in [-0.39, 0.29) is 23.1 Å². The fraction of sp³-hybridized carbons (Fsp3) is 0.500. The molecule has 1 aromatic carbocycles. The average Bonchev–Trinajstić information content (AvgIpc) is 2.62. The SMILES string of the molecule is CC[C@H](C)[C@H](NC(=O)COc1cc([N+](=O)[O-])ccc1OC)C(=O)OC. The highest BCUT2D eigenvalue weighted by Crippen LogP contribution is 2.31. The second-order valence-electron chi connectivity index (χ2n) is 5.33. The van der Waals surface area contributed by atoms with Crippen LogP contribution >= 0.6 is 0 Å². The van der Waals surface area contributed by atoms with Crippen molar-refractivity contribution in [1.82, 2.24) is 5.32 Å². The molecule has 1 rings (SSSR count). The van der Waals surface area contributed by atoms with Gasteiger partial charge >= 0.3 is 5.97 Å². The number of carbonyl (C=O) groups excluding carboxylic acids is 2. The first kappa shape index (κ1) is 20.2. The summed E-state index contributed by atoms with van der Waals surface area (Å²) in [4.78, 5) is 34.1. The summed E-state index contributed by atoms with van der Waals surface area (Å²) in [5, 5.41) is 13.4. The number of amides is 1. The van der Waals surface area contributed by atoms with Gasteiger partial charge in [-0.1, -0.05) is 20.3 Å². The molecular weight excluding hydrogens is 332 g/mol. The fourth-order valence-corrected chi connectivity index (χ4v) is 2.05. The number of nitrogens with one attached hydrogen (secondary N) is 1.